The number of rotatable bonds is 2. The summed E-state index contributed by atoms with van der Waals surface area (Å²) in [6.07, 6.45) is 6.46. The normalized spacial score (nSPS) is 22.7. The van der Waals surface area contributed by atoms with Gasteiger partial charge in [0.2, 0.25) is 5.89 Å². The van der Waals surface area contributed by atoms with Gasteiger partial charge in [0.1, 0.15) is 6.26 Å². The Bertz CT molecular complexity index is 774. The van der Waals surface area contributed by atoms with Crippen molar-refractivity contribution in [3.8, 4) is 11.5 Å². The molecule has 2 aromatic rings. The maximum Gasteiger partial charge on any atom is 0.322 e. The number of fused-ring (bicyclic) bond motifs is 2. The van der Waals surface area contributed by atoms with Crippen LogP contribution >= 0.6 is 0 Å². The lowest BCUT2D eigenvalue weighted by molar-refractivity contribution is 0.204. The number of anilines is 1. The zero-order valence-corrected chi connectivity index (χ0v) is 14.2. The molecule has 1 saturated heterocycles. The van der Waals surface area contributed by atoms with E-state index < -0.39 is 0 Å². The molecule has 2 amide bonds. The smallest absolute Gasteiger partial charge is 0.322 e. The van der Waals surface area contributed by atoms with Crippen molar-refractivity contribution in [3.05, 3.63) is 35.7 Å². The van der Waals surface area contributed by atoms with Crippen LogP contribution in [0.25, 0.3) is 11.5 Å². The van der Waals surface area contributed by atoms with Gasteiger partial charge in [0.15, 0.2) is 0 Å². The highest BCUT2D eigenvalue weighted by Gasteiger charge is 2.37. The Labute approximate surface area is 143 Å². The van der Waals surface area contributed by atoms with E-state index in [1.165, 1.54) is 19.3 Å². The highest BCUT2D eigenvalue weighted by atomic mass is 16.3. The summed E-state index contributed by atoms with van der Waals surface area (Å²) in [7, 11) is 0. The number of aryl methyl sites for hydroxylation is 2. The van der Waals surface area contributed by atoms with Crippen molar-refractivity contribution in [2.45, 2.75) is 45.6 Å². The third kappa shape index (κ3) is 2.79. The second-order valence-electron chi connectivity index (χ2n) is 7.09. The molecule has 2 atom stereocenters. The number of amides is 2. The summed E-state index contributed by atoms with van der Waals surface area (Å²) in [6, 6.07) is 6.31. The molecule has 0 spiro atoms. The first kappa shape index (κ1) is 15.2. The summed E-state index contributed by atoms with van der Waals surface area (Å²) >= 11 is 0. The second kappa shape index (κ2) is 5.96. The highest BCUT2D eigenvalue weighted by Crippen LogP contribution is 2.35. The fourth-order valence-electron chi connectivity index (χ4n) is 3.99. The number of oxazole rings is 1. The number of benzene rings is 1. The number of nitrogens with zero attached hydrogens (tertiary/aromatic N) is 2. The minimum Gasteiger partial charge on any atom is -0.444 e. The quantitative estimate of drug-likeness (QED) is 0.876. The van der Waals surface area contributed by atoms with Crippen molar-refractivity contribution in [1.29, 1.82) is 0 Å². The van der Waals surface area contributed by atoms with Crippen LogP contribution in [0.2, 0.25) is 0 Å². The summed E-state index contributed by atoms with van der Waals surface area (Å²) in [5.41, 5.74) is 3.63. The van der Waals surface area contributed by atoms with Crippen LogP contribution < -0.4 is 5.32 Å². The van der Waals surface area contributed by atoms with E-state index in [0.717, 1.165) is 35.5 Å². The number of likely N-dealkylation sites (tertiary alicyclic amines) is 1. The highest BCUT2D eigenvalue weighted by molar-refractivity contribution is 5.90. The maximum atomic E-state index is 12.7. The van der Waals surface area contributed by atoms with Gasteiger partial charge >= 0.3 is 6.03 Å². The van der Waals surface area contributed by atoms with E-state index in [9.17, 15) is 4.79 Å². The van der Waals surface area contributed by atoms with Gasteiger partial charge in [-0.15, -0.1) is 0 Å². The summed E-state index contributed by atoms with van der Waals surface area (Å²) < 4.78 is 5.51. The molecule has 5 nitrogen and oxygen atoms in total. The zero-order chi connectivity index (χ0) is 16.7. The van der Waals surface area contributed by atoms with Crippen LogP contribution in [0, 0.1) is 19.8 Å². The third-order valence-corrected chi connectivity index (χ3v) is 5.25. The van der Waals surface area contributed by atoms with Crippen molar-refractivity contribution >= 4 is 11.7 Å². The van der Waals surface area contributed by atoms with Gasteiger partial charge in [-0.2, -0.15) is 0 Å². The molecule has 2 heterocycles. The Kier molecular flexibility index (Phi) is 3.79. The van der Waals surface area contributed by atoms with E-state index in [4.69, 9.17) is 4.42 Å². The summed E-state index contributed by atoms with van der Waals surface area (Å²) in [4.78, 5) is 19.1. The Morgan fingerprint density at radius 2 is 2.25 bits per heavy atom. The molecule has 2 bridgehead atoms. The molecule has 1 aliphatic heterocycles. The van der Waals surface area contributed by atoms with Crippen molar-refractivity contribution in [2.75, 3.05) is 11.9 Å². The van der Waals surface area contributed by atoms with Gasteiger partial charge in [-0.1, -0.05) is 12.5 Å². The number of carbonyl (C=O) groups is 1. The van der Waals surface area contributed by atoms with Crippen molar-refractivity contribution in [2.24, 2.45) is 5.92 Å². The maximum absolute atomic E-state index is 12.7. The number of urea groups is 1. The largest absolute Gasteiger partial charge is 0.444 e. The standard InChI is InChI=1S/C19H23N3O2.H2/c1-12-6-7-15(9-17(12)18-20-13(2)11-24-18)21-19(23)22-10-14-4-3-5-16(22)8-14;/h6-7,9,11,14,16H,3-5,8,10H2,1-2H3,(H,21,23);1H. The number of nitrogens with one attached hydrogen (secondary N) is 1. The first-order valence-electron chi connectivity index (χ1n) is 8.71. The van der Waals surface area contributed by atoms with E-state index in [1.807, 2.05) is 36.9 Å². The van der Waals surface area contributed by atoms with Crippen LogP contribution in [0.1, 0.15) is 38.4 Å². The van der Waals surface area contributed by atoms with Gasteiger partial charge in [0.25, 0.3) is 0 Å². The van der Waals surface area contributed by atoms with Crippen LogP contribution in [0.5, 0.6) is 0 Å². The first-order valence-corrected chi connectivity index (χ1v) is 8.71. The molecule has 2 unspecified atom stereocenters. The molecular weight excluding hydrogens is 302 g/mol. The lowest BCUT2D eigenvalue weighted by Crippen LogP contribution is -2.38. The predicted octanol–water partition coefficient (Wildman–Crippen LogP) is 4.61. The lowest BCUT2D eigenvalue weighted by Gasteiger charge is -2.25. The molecule has 4 rings (SSSR count). The minimum atomic E-state index is 0. The zero-order valence-electron chi connectivity index (χ0n) is 14.2. The monoisotopic (exact) mass is 327 g/mol. The SMILES string of the molecule is Cc1coc(-c2cc(NC(=O)N3CC4CCCC3C4)ccc2C)n1.[HH]. The molecule has 1 N–H and O–H groups in total. The average Bonchev–Trinajstić information content (AvgIpc) is 3.12. The van der Waals surface area contributed by atoms with Crippen molar-refractivity contribution in [3.63, 3.8) is 0 Å². The Hall–Kier alpha value is -2.30. The van der Waals surface area contributed by atoms with Gasteiger partial charge in [0.05, 0.1) is 5.69 Å². The first-order chi connectivity index (χ1) is 11.6. The molecule has 0 radical (unpaired) electrons. The average molecular weight is 327 g/mol. The van der Waals surface area contributed by atoms with Gasteiger partial charge < -0.3 is 14.6 Å². The minimum absolute atomic E-state index is 0. The van der Waals surface area contributed by atoms with E-state index in [1.54, 1.807) is 6.26 Å². The van der Waals surface area contributed by atoms with E-state index in [2.05, 4.69) is 10.3 Å². The van der Waals surface area contributed by atoms with E-state index >= 15 is 0 Å². The molecule has 2 aliphatic rings. The number of hydrogen-bond donors (Lipinski definition) is 1. The number of aromatic nitrogens is 1. The second-order valence-corrected chi connectivity index (χ2v) is 7.09. The van der Waals surface area contributed by atoms with Gasteiger partial charge in [-0.05, 0) is 56.7 Å². The Morgan fingerprint density at radius 3 is 3.00 bits per heavy atom. The molecule has 1 aliphatic carbocycles. The van der Waals surface area contributed by atoms with Crippen LogP contribution in [-0.4, -0.2) is 28.5 Å². The third-order valence-electron chi connectivity index (χ3n) is 5.25. The lowest BCUT2D eigenvalue weighted by atomic mass is 9.91. The van der Waals surface area contributed by atoms with Gasteiger partial charge in [-0.25, -0.2) is 9.78 Å². The van der Waals surface area contributed by atoms with E-state index in [0.29, 0.717) is 17.9 Å². The van der Waals surface area contributed by atoms with E-state index in [-0.39, 0.29) is 7.46 Å². The molecule has 24 heavy (non-hydrogen) atoms. The molecule has 128 valence electrons. The van der Waals surface area contributed by atoms with Crippen molar-refractivity contribution < 1.29 is 10.6 Å². The number of hydrogen-bond acceptors (Lipinski definition) is 3. The Balaban J connectivity index is 0.00000182. The van der Waals surface area contributed by atoms with Crippen LogP contribution in [0.4, 0.5) is 10.5 Å². The molecule has 2 fully saturated rings. The molecule has 1 saturated carbocycles. The fraction of sp³-hybridized carbons (Fsp3) is 0.474. The summed E-state index contributed by atoms with van der Waals surface area (Å²) in [6.45, 7) is 4.82. The Morgan fingerprint density at radius 1 is 1.38 bits per heavy atom. The predicted molar refractivity (Wildman–Crippen MR) is 95.0 cm³/mol. The molecule has 1 aromatic heterocycles. The van der Waals surface area contributed by atoms with Gasteiger partial charge in [0, 0.05) is 25.3 Å². The van der Waals surface area contributed by atoms with Crippen LogP contribution in [0.3, 0.4) is 0 Å². The molecule has 5 heteroatoms. The van der Waals surface area contributed by atoms with Gasteiger partial charge in [-0.3, -0.25) is 0 Å². The van der Waals surface area contributed by atoms with Crippen LogP contribution in [0.15, 0.2) is 28.9 Å². The summed E-state index contributed by atoms with van der Waals surface area (Å²) in [5.74, 6) is 1.29. The molecular formula is C19H25N3O2. The van der Waals surface area contributed by atoms with Crippen molar-refractivity contribution in [1.82, 2.24) is 9.88 Å². The molecule has 1 aromatic carbocycles. The summed E-state index contributed by atoms with van der Waals surface area (Å²) in [5, 5.41) is 3.06. The fourth-order valence-corrected chi connectivity index (χ4v) is 3.99. The van der Waals surface area contributed by atoms with Crippen LogP contribution in [-0.2, 0) is 0 Å². The topological polar surface area (TPSA) is 58.4 Å². The number of carbonyl (C=O) groups excluding carboxylic acids is 1.